The zero-order chi connectivity index (χ0) is 22.5. The summed E-state index contributed by atoms with van der Waals surface area (Å²) in [6, 6.07) is 27.7. The van der Waals surface area contributed by atoms with E-state index in [9.17, 15) is 9.59 Å². The fourth-order valence-corrected chi connectivity index (χ4v) is 16.6. The molecule has 3 aromatic carbocycles. The molecule has 3 aromatic rings. The third-order valence-corrected chi connectivity index (χ3v) is 18.4. The summed E-state index contributed by atoms with van der Waals surface area (Å²) >= 11 is -5.72. The Morgan fingerprint density at radius 1 is 0.581 bits per heavy atom. The number of carbonyl (C=O) groups is 2. The van der Waals surface area contributed by atoms with Crippen LogP contribution in [0.15, 0.2) is 115 Å². The molecule has 0 unspecified atom stereocenters. The third kappa shape index (κ3) is 3.96. The number of hydrogen-bond donors (Lipinski definition) is 0. The Bertz CT molecular complexity index is 990. The molecule has 0 fully saturated rings. The van der Waals surface area contributed by atoms with Gasteiger partial charge in [0.2, 0.25) is 0 Å². The molecular formula is C26H25O4Sb. The minimum atomic E-state index is -5.72. The first kappa shape index (κ1) is 22.6. The normalized spacial score (nSPS) is 12.1. The molecule has 0 saturated heterocycles. The van der Waals surface area contributed by atoms with Crippen molar-refractivity contribution in [3.05, 3.63) is 115 Å². The molecule has 0 bridgehead atoms. The summed E-state index contributed by atoms with van der Waals surface area (Å²) in [6.07, 6.45) is 0. The molecular weight excluding hydrogens is 498 g/mol. The molecule has 0 spiro atoms. The van der Waals surface area contributed by atoms with Gasteiger partial charge < -0.3 is 0 Å². The van der Waals surface area contributed by atoms with Crippen molar-refractivity contribution >= 4 is 40.7 Å². The molecule has 0 aliphatic rings. The van der Waals surface area contributed by atoms with Crippen molar-refractivity contribution in [2.45, 2.75) is 13.8 Å². The Morgan fingerprint density at radius 2 is 0.839 bits per heavy atom. The number of benzene rings is 3. The summed E-state index contributed by atoms with van der Waals surface area (Å²) in [7, 11) is 0. The molecule has 0 atom stereocenters. The molecule has 0 aromatic heterocycles. The minimum absolute atomic E-state index is 0.215. The van der Waals surface area contributed by atoms with E-state index in [-0.39, 0.29) is 11.1 Å². The molecule has 0 amide bonds. The molecule has 0 aliphatic carbocycles. The number of carbonyl (C=O) groups excluding carboxylic acids is 2. The van der Waals surface area contributed by atoms with Gasteiger partial charge in [0, 0.05) is 0 Å². The molecule has 4 nitrogen and oxygen atoms in total. The van der Waals surface area contributed by atoms with E-state index in [2.05, 4.69) is 13.2 Å². The van der Waals surface area contributed by atoms with Crippen LogP contribution in [0.4, 0.5) is 0 Å². The third-order valence-electron chi connectivity index (χ3n) is 4.89. The Labute approximate surface area is 185 Å². The van der Waals surface area contributed by atoms with Crippen LogP contribution < -0.4 is 10.5 Å². The van der Waals surface area contributed by atoms with E-state index in [4.69, 9.17) is 6.03 Å². The molecule has 5 heteroatoms. The van der Waals surface area contributed by atoms with Gasteiger partial charge in [0.05, 0.1) is 0 Å². The first-order valence-corrected chi connectivity index (χ1v) is 15.7. The molecule has 0 N–H and O–H groups in total. The molecule has 0 heterocycles. The van der Waals surface area contributed by atoms with Crippen molar-refractivity contribution in [2.75, 3.05) is 0 Å². The van der Waals surface area contributed by atoms with Crippen molar-refractivity contribution in [1.82, 2.24) is 0 Å². The van der Waals surface area contributed by atoms with Crippen LogP contribution in [0.5, 0.6) is 0 Å². The van der Waals surface area contributed by atoms with Gasteiger partial charge in [-0.1, -0.05) is 0 Å². The second-order valence-corrected chi connectivity index (χ2v) is 18.2. The van der Waals surface area contributed by atoms with Gasteiger partial charge in [-0.2, -0.15) is 0 Å². The maximum atomic E-state index is 13.1. The average Bonchev–Trinajstić information content (AvgIpc) is 2.80. The zero-order valence-corrected chi connectivity index (χ0v) is 20.2. The molecule has 3 rings (SSSR count). The molecule has 31 heavy (non-hydrogen) atoms. The Kier molecular flexibility index (Phi) is 6.52. The summed E-state index contributed by atoms with van der Waals surface area (Å²) in [5, 5.41) is 0. The molecule has 0 radical (unpaired) electrons. The Hall–Kier alpha value is -3.10. The van der Waals surface area contributed by atoms with Gasteiger partial charge >= 0.3 is 185 Å². The molecule has 158 valence electrons. The van der Waals surface area contributed by atoms with Crippen molar-refractivity contribution < 1.29 is 15.6 Å². The maximum absolute atomic E-state index is 13.1. The van der Waals surface area contributed by atoms with Gasteiger partial charge in [-0.25, -0.2) is 0 Å². The van der Waals surface area contributed by atoms with E-state index in [0.29, 0.717) is 10.5 Å². The van der Waals surface area contributed by atoms with Gasteiger partial charge in [0.15, 0.2) is 0 Å². The fraction of sp³-hybridized carbons (Fsp3) is 0.0769. The van der Waals surface area contributed by atoms with Gasteiger partial charge in [0.1, 0.15) is 0 Å². The van der Waals surface area contributed by atoms with Gasteiger partial charge in [-0.15, -0.1) is 0 Å². The zero-order valence-electron chi connectivity index (χ0n) is 17.7. The SMILES string of the molecule is C=C(C)C(=O)[O][Sb]([O]C(=O)C(=C)C)([c]1ccccc1)([c]1ccccc1)[c]1ccccc1. The van der Waals surface area contributed by atoms with Gasteiger partial charge in [0.25, 0.3) is 0 Å². The summed E-state index contributed by atoms with van der Waals surface area (Å²) in [5.74, 6) is -1.24. The van der Waals surface area contributed by atoms with Crippen molar-refractivity contribution in [1.29, 1.82) is 0 Å². The second-order valence-electron chi connectivity index (χ2n) is 7.28. The van der Waals surface area contributed by atoms with Crippen LogP contribution in [-0.4, -0.2) is 30.2 Å². The van der Waals surface area contributed by atoms with Gasteiger partial charge in [-0.05, 0) is 0 Å². The number of hydrogen-bond acceptors (Lipinski definition) is 4. The summed E-state index contributed by atoms with van der Waals surface area (Å²) in [6.45, 7) is 10.7. The molecule has 0 saturated carbocycles. The van der Waals surface area contributed by atoms with Crippen LogP contribution in [0.2, 0.25) is 0 Å². The van der Waals surface area contributed by atoms with E-state index < -0.39 is 30.2 Å². The van der Waals surface area contributed by atoms with Crippen molar-refractivity contribution in [2.24, 2.45) is 0 Å². The Balaban J connectivity index is 2.57. The van der Waals surface area contributed by atoms with Crippen LogP contribution in [-0.2, 0) is 15.6 Å². The monoisotopic (exact) mass is 522 g/mol. The van der Waals surface area contributed by atoms with Crippen LogP contribution in [0.1, 0.15) is 13.8 Å². The van der Waals surface area contributed by atoms with Gasteiger partial charge in [-0.3, -0.25) is 0 Å². The second kappa shape index (κ2) is 8.95. The predicted octanol–water partition coefficient (Wildman–Crippen LogP) is 3.34. The van der Waals surface area contributed by atoms with E-state index in [0.717, 1.165) is 0 Å². The van der Waals surface area contributed by atoms with Crippen LogP contribution >= 0.6 is 0 Å². The fourth-order valence-electron chi connectivity index (χ4n) is 3.35. The Morgan fingerprint density at radius 3 is 1.06 bits per heavy atom. The van der Waals surface area contributed by atoms with E-state index >= 15 is 0 Å². The topological polar surface area (TPSA) is 52.6 Å². The first-order valence-electron chi connectivity index (χ1n) is 9.79. The van der Waals surface area contributed by atoms with Crippen LogP contribution in [0.3, 0.4) is 0 Å². The predicted molar refractivity (Wildman–Crippen MR) is 126 cm³/mol. The average molecular weight is 523 g/mol. The van der Waals surface area contributed by atoms with E-state index in [1.54, 1.807) is 13.8 Å². The van der Waals surface area contributed by atoms with E-state index in [1.807, 2.05) is 91.0 Å². The summed E-state index contributed by atoms with van der Waals surface area (Å²) < 4.78 is 14.8. The van der Waals surface area contributed by atoms with Crippen molar-refractivity contribution in [3.8, 4) is 0 Å². The standard InChI is InChI=1S/3C6H5.2C4H6O2.Sb/c3*1-2-4-6-5-3-1;2*1-3(2)4(5)6;/h3*1-5H;2*1H2,2H3,(H,5,6);/q;;;;;+2/p-2. The van der Waals surface area contributed by atoms with Crippen LogP contribution in [0.25, 0.3) is 0 Å². The first-order chi connectivity index (χ1) is 14.8. The summed E-state index contributed by atoms with van der Waals surface area (Å²) in [5.41, 5.74) is 0.430. The quantitative estimate of drug-likeness (QED) is 0.353. The van der Waals surface area contributed by atoms with E-state index in [1.165, 1.54) is 0 Å². The number of rotatable bonds is 7. The molecule has 0 aliphatic heterocycles. The summed E-state index contributed by atoms with van der Waals surface area (Å²) in [4.78, 5) is 26.3. The van der Waals surface area contributed by atoms with Crippen molar-refractivity contribution in [3.63, 3.8) is 0 Å². The van der Waals surface area contributed by atoms with Crippen LogP contribution in [0, 0.1) is 0 Å².